The molecule has 1 fully saturated rings. The van der Waals surface area contributed by atoms with Crippen LogP contribution in [0.5, 0.6) is 0 Å². The molecule has 2 rings (SSSR count). The number of likely N-dealkylation sites (tertiary alicyclic amines) is 1. The second kappa shape index (κ2) is 6.62. The number of rotatable bonds is 6. The number of halogens is 1. The van der Waals surface area contributed by atoms with Crippen LogP contribution in [0.25, 0.3) is 0 Å². The van der Waals surface area contributed by atoms with Crippen molar-refractivity contribution in [3.05, 3.63) is 29.6 Å². The summed E-state index contributed by atoms with van der Waals surface area (Å²) in [6.07, 6.45) is 2.31. The van der Waals surface area contributed by atoms with E-state index in [-0.39, 0.29) is 11.4 Å². The molecular weight excluding hydrogens is 281 g/mol. The molecule has 1 aromatic rings. The average Bonchev–Trinajstić information content (AvgIpc) is 2.91. The average molecular weight is 301 g/mol. The largest absolute Gasteiger partial charge is 0.326 e. The molecule has 0 spiro atoms. The Morgan fingerprint density at radius 3 is 2.60 bits per heavy atom. The van der Waals surface area contributed by atoms with Gasteiger partial charge in [0.2, 0.25) is 10.0 Å². The molecule has 7 heteroatoms. The molecule has 0 radical (unpaired) electrons. The van der Waals surface area contributed by atoms with Crippen LogP contribution in [0.4, 0.5) is 4.39 Å². The number of benzene rings is 1. The summed E-state index contributed by atoms with van der Waals surface area (Å²) in [4.78, 5) is 1.87. The van der Waals surface area contributed by atoms with Crippen molar-refractivity contribution in [1.82, 2.24) is 9.62 Å². The lowest BCUT2D eigenvalue weighted by Gasteiger charge is -2.15. The maximum Gasteiger partial charge on any atom is 0.243 e. The Bertz CT molecular complexity index is 557. The molecule has 112 valence electrons. The minimum Gasteiger partial charge on any atom is -0.326 e. The number of hydrogen-bond donors (Lipinski definition) is 2. The number of nitrogens with zero attached hydrogens (tertiary/aromatic N) is 1. The Kier molecular flexibility index (Phi) is 5.09. The highest BCUT2D eigenvalue weighted by molar-refractivity contribution is 7.89. The van der Waals surface area contributed by atoms with E-state index in [1.807, 2.05) is 0 Å². The van der Waals surface area contributed by atoms with E-state index in [1.165, 1.54) is 12.1 Å². The first-order chi connectivity index (χ1) is 9.53. The zero-order chi connectivity index (χ0) is 14.6. The molecule has 0 aromatic heterocycles. The van der Waals surface area contributed by atoms with Crippen molar-refractivity contribution in [2.75, 3.05) is 26.2 Å². The fourth-order valence-corrected chi connectivity index (χ4v) is 3.39. The smallest absolute Gasteiger partial charge is 0.243 e. The van der Waals surface area contributed by atoms with Crippen LogP contribution in [0, 0.1) is 5.82 Å². The van der Waals surface area contributed by atoms with Crippen LogP contribution in [-0.2, 0) is 16.6 Å². The Morgan fingerprint density at radius 1 is 1.30 bits per heavy atom. The number of sulfonamides is 1. The van der Waals surface area contributed by atoms with Crippen molar-refractivity contribution in [3.63, 3.8) is 0 Å². The first kappa shape index (κ1) is 15.4. The lowest BCUT2D eigenvalue weighted by atomic mass is 10.2. The Hall–Kier alpha value is -1.02. The van der Waals surface area contributed by atoms with Crippen LogP contribution < -0.4 is 10.5 Å². The molecule has 1 aliphatic rings. The molecule has 0 amide bonds. The van der Waals surface area contributed by atoms with Gasteiger partial charge >= 0.3 is 0 Å². The van der Waals surface area contributed by atoms with Crippen LogP contribution in [0.2, 0.25) is 0 Å². The standard InChI is InChI=1S/C13H20FN3O2S/c14-12-9-11(10-15)3-4-13(12)20(18,19)16-5-8-17-6-1-2-7-17/h3-4,9,16H,1-2,5-8,10,15H2. The molecule has 1 aromatic carbocycles. The maximum absolute atomic E-state index is 13.8. The SMILES string of the molecule is NCc1ccc(S(=O)(=O)NCCN2CCCC2)c(F)c1. The van der Waals surface area contributed by atoms with Crippen LogP contribution >= 0.6 is 0 Å². The summed E-state index contributed by atoms with van der Waals surface area (Å²) in [6.45, 7) is 3.13. The van der Waals surface area contributed by atoms with E-state index < -0.39 is 15.8 Å². The zero-order valence-electron chi connectivity index (χ0n) is 11.3. The van der Waals surface area contributed by atoms with Crippen molar-refractivity contribution >= 4 is 10.0 Å². The van der Waals surface area contributed by atoms with E-state index in [0.717, 1.165) is 32.0 Å². The topological polar surface area (TPSA) is 75.4 Å². The predicted octanol–water partition coefficient (Wildman–Crippen LogP) is 0.658. The lowest BCUT2D eigenvalue weighted by molar-refractivity contribution is 0.344. The Balaban J connectivity index is 1.98. The van der Waals surface area contributed by atoms with E-state index in [0.29, 0.717) is 18.7 Å². The first-order valence-corrected chi connectivity index (χ1v) is 8.22. The highest BCUT2D eigenvalue weighted by atomic mass is 32.2. The van der Waals surface area contributed by atoms with E-state index in [2.05, 4.69) is 9.62 Å². The molecule has 3 N–H and O–H groups in total. The molecule has 0 bridgehead atoms. The molecule has 0 atom stereocenters. The van der Waals surface area contributed by atoms with Gasteiger partial charge in [-0.2, -0.15) is 0 Å². The summed E-state index contributed by atoms with van der Waals surface area (Å²) in [7, 11) is -3.80. The summed E-state index contributed by atoms with van der Waals surface area (Å²) in [5, 5.41) is 0. The van der Waals surface area contributed by atoms with Gasteiger partial charge in [0.05, 0.1) is 0 Å². The van der Waals surface area contributed by atoms with E-state index in [1.54, 1.807) is 0 Å². The summed E-state index contributed by atoms with van der Waals surface area (Å²) < 4.78 is 40.3. The van der Waals surface area contributed by atoms with Gasteiger partial charge in [-0.25, -0.2) is 17.5 Å². The van der Waals surface area contributed by atoms with Crippen molar-refractivity contribution < 1.29 is 12.8 Å². The van der Waals surface area contributed by atoms with Gasteiger partial charge in [-0.3, -0.25) is 0 Å². The summed E-state index contributed by atoms with van der Waals surface area (Å²) >= 11 is 0. The second-order valence-electron chi connectivity index (χ2n) is 4.92. The van der Waals surface area contributed by atoms with Gasteiger partial charge in [-0.15, -0.1) is 0 Å². The molecular formula is C13H20FN3O2S. The molecule has 5 nitrogen and oxygen atoms in total. The van der Waals surface area contributed by atoms with Crippen molar-refractivity contribution in [3.8, 4) is 0 Å². The van der Waals surface area contributed by atoms with Crippen LogP contribution in [0.1, 0.15) is 18.4 Å². The van der Waals surface area contributed by atoms with E-state index in [4.69, 9.17) is 5.73 Å². The minimum atomic E-state index is -3.80. The van der Waals surface area contributed by atoms with Gasteiger partial charge in [0, 0.05) is 19.6 Å². The van der Waals surface area contributed by atoms with Gasteiger partial charge in [-0.1, -0.05) is 6.07 Å². The maximum atomic E-state index is 13.8. The summed E-state index contributed by atoms with van der Waals surface area (Å²) in [6, 6.07) is 3.95. The molecule has 1 heterocycles. The lowest BCUT2D eigenvalue weighted by Crippen LogP contribution is -2.33. The number of nitrogens with one attached hydrogen (secondary N) is 1. The Labute approximate surface area is 119 Å². The molecule has 0 unspecified atom stereocenters. The third kappa shape index (κ3) is 3.76. The van der Waals surface area contributed by atoms with Crippen molar-refractivity contribution in [1.29, 1.82) is 0 Å². The molecule has 0 aliphatic carbocycles. The quantitative estimate of drug-likeness (QED) is 0.809. The second-order valence-corrected chi connectivity index (χ2v) is 6.65. The van der Waals surface area contributed by atoms with Crippen LogP contribution in [0.15, 0.2) is 23.1 Å². The summed E-state index contributed by atoms with van der Waals surface area (Å²) in [5.74, 6) is -0.762. The zero-order valence-corrected chi connectivity index (χ0v) is 12.1. The van der Waals surface area contributed by atoms with Crippen LogP contribution in [0.3, 0.4) is 0 Å². The molecule has 1 aliphatic heterocycles. The Morgan fingerprint density at radius 2 is 2.00 bits per heavy atom. The molecule has 20 heavy (non-hydrogen) atoms. The van der Waals surface area contributed by atoms with E-state index in [9.17, 15) is 12.8 Å². The first-order valence-electron chi connectivity index (χ1n) is 6.73. The van der Waals surface area contributed by atoms with Crippen molar-refractivity contribution in [2.45, 2.75) is 24.3 Å². The molecule has 1 saturated heterocycles. The van der Waals surface area contributed by atoms with Gasteiger partial charge < -0.3 is 10.6 Å². The van der Waals surface area contributed by atoms with Gasteiger partial charge in [0.1, 0.15) is 10.7 Å². The third-order valence-corrected chi connectivity index (χ3v) is 4.93. The fraction of sp³-hybridized carbons (Fsp3) is 0.538. The normalized spacial score (nSPS) is 16.7. The van der Waals surface area contributed by atoms with E-state index >= 15 is 0 Å². The predicted molar refractivity (Wildman–Crippen MR) is 75.2 cm³/mol. The highest BCUT2D eigenvalue weighted by Crippen LogP contribution is 2.15. The minimum absolute atomic E-state index is 0.180. The molecule has 0 saturated carbocycles. The van der Waals surface area contributed by atoms with Crippen LogP contribution in [-0.4, -0.2) is 39.5 Å². The monoisotopic (exact) mass is 301 g/mol. The number of hydrogen-bond acceptors (Lipinski definition) is 4. The van der Waals surface area contributed by atoms with Gasteiger partial charge in [0.15, 0.2) is 0 Å². The fourth-order valence-electron chi connectivity index (χ4n) is 2.31. The summed E-state index contributed by atoms with van der Waals surface area (Å²) in [5.41, 5.74) is 5.96. The highest BCUT2D eigenvalue weighted by Gasteiger charge is 2.19. The third-order valence-electron chi connectivity index (χ3n) is 3.44. The van der Waals surface area contributed by atoms with Crippen molar-refractivity contribution in [2.24, 2.45) is 5.73 Å². The van der Waals surface area contributed by atoms with Gasteiger partial charge in [0.25, 0.3) is 0 Å². The van der Waals surface area contributed by atoms with Gasteiger partial charge in [-0.05, 0) is 43.6 Å². The number of nitrogens with two attached hydrogens (primary N) is 1.